The lowest BCUT2D eigenvalue weighted by Crippen LogP contribution is -2.41. The average molecular weight is 284 g/mol. The van der Waals surface area contributed by atoms with E-state index in [1.54, 1.807) is 0 Å². The molecule has 0 bridgehead atoms. The van der Waals surface area contributed by atoms with E-state index in [0.29, 0.717) is 12.0 Å². The summed E-state index contributed by atoms with van der Waals surface area (Å²) in [6.45, 7) is 12.2. The van der Waals surface area contributed by atoms with Crippen LogP contribution in [0.2, 0.25) is 0 Å². The molecule has 21 heavy (non-hydrogen) atoms. The Kier molecular flexibility index (Phi) is 5.63. The minimum atomic E-state index is 0.486. The zero-order chi connectivity index (χ0) is 15.2. The summed E-state index contributed by atoms with van der Waals surface area (Å²) in [5, 5.41) is 6.24. The molecule has 2 aromatic carbocycles. The molecule has 2 nitrogen and oxygen atoms in total. The molecule has 0 aromatic heterocycles. The Bertz CT molecular complexity index is 557. The lowest BCUT2D eigenvalue weighted by Gasteiger charge is -2.31. The van der Waals surface area contributed by atoms with Crippen molar-refractivity contribution in [2.45, 2.75) is 33.7 Å². The smallest absolute Gasteiger partial charge is 0.0448 e. The second kappa shape index (κ2) is 7.46. The van der Waals surface area contributed by atoms with Crippen molar-refractivity contribution in [2.24, 2.45) is 5.92 Å². The Labute approximate surface area is 129 Å². The lowest BCUT2D eigenvalue weighted by molar-refractivity contribution is 0.511. The molecule has 0 radical (unpaired) electrons. The van der Waals surface area contributed by atoms with Gasteiger partial charge in [0.15, 0.2) is 0 Å². The zero-order valence-corrected chi connectivity index (χ0v) is 13.8. The predicted octanol–water partition coefficient (Wildman–Crippen LogP) is 4.30. The van der Waals surface area contributed by atoms with Crippen LogP contribution in [0.25, 0.3) is 10.8 Å². The Balaban J connectivity index is 2.19. The molecule has 2 aromatic rings. The number of hydrogen-bond donors (Lipinski definition) is 1. The number of fused-ring (bicyclic) bond motifs is 1. The fourth-order valence-electron chi connectivity index (χ4n) is 2.87. The van der Waals surface area contributed by atoms with Gasteiger partial charge in [0, 0.05) is 30.2 Å². The van der Waals surface area contributed by atoms with E-state index in [4.69, 9.17) is 0 Å². The summed E-state index contributed by atoms with van der Waals surface area (Å²) in [4.78, 5) is 2.50. The highest BCUT2D eigenvalue weighted by atomic mass is 15.2. The van der Waals surface area contributed by atoms with Gasteiger partial charge in [0.1, 0.15) is 0 Å². The number of rotatable bonds is 7. The van der Waals surface area contributed by atoms with Crippen molar-refractivity contribution >= 4 is 16.5 Å². The van der Waals surface area contributed by atoms with Crippen molar-refractivity contribution in [1.29, 1.82) is 0 Å². The molecule has 1 unspecified atom stereocenters. The van der Waals surface area contributed by atoms with Crippen molar-refractivity contribution in [2.75, 3.05) is 24.5 Å². The van der Waals surface area contributed by atoms with Gasteiger partial charge in [-0.25, -0.2) is 0 Å². The van der Waals surface area contributed by atoms with Gasteiger partial charge in [-0.1, -0.05) is 50.2 Å². The van der Waals surface area contributed by atoms with E-state index in [-0.39, 0.29) is 0 Å². The summed E-state index contributed by atoms with van der Waals surface area (Å²) in [5.74, 6) is 0.699. The molecule has 0 saturated carbocycles. The largest absolute Gasteiger partial charge is 0.367 e. The average Bonchev–Trinajstić information content (AvgIpc) is 2.48. The van der Waals surface area contributed by atoms with E-state index < -0.39 is 0 Å². The van der Waals surface area contributed by atoms with Gasteiger partial charge in [-0.15, -0.1) is 0 Å². The van der Waals surface area contributed by atoms with Gasteiger partial charge >= 0.3 is 0 Å². The van der Waals surface area contributed by atoms with Crippen molar-refractivity contribution in [3.05, 3.63) is 42.5 Å². The van der Waals surface area contributed by atoms with E-state index in [0.717, 1.165) is 19.6 Å². The standard InChI is InChI=1S/C19H28N2/c1-5-21(16(4)14-20-13-15(2)3)19-12-8-10-17-9-6-7-11-18(17)19/h6-12,15-16,20H,5,13-14H2,1-4H3. The highest BCUT2D eigenvalue weighted by molar-refractivity contribution is 5.94. The van der Waals surface area contributed by atoms with Gasteiger partial charge in [0.25, 0.3) is 0 Å². The number of nitrogens with one attached hydrogen (secondary N) is 1. The second-order valence-corrected chi connectivity index (χ2v) is 6.19. The van der Waals surface area contributed by atoms with Gasteiger partial charge in [-0.2, -0.15) is 0 Å². The van der Waals surface area contributed by atoms with Crippen LogP contribution in [-0.4, -0.2) is 25.7 Å². The maximum absolute atomic E-state index is 3.58. The number of anilines is 1. The summed E-state index contributed by atoms with van der Waals surface area (Å²) in [6.07, 6.45) is 0. The highest BCUT2D eigenvalue weighted by Crippen LogP contribution is 2.27. The van der Waals surface area contributed by atoms with Crippen molar-refractivity contribution < 1.29 is 0 Å². The van der Waals surface area contributed by atoms with Crippen LogP contribution in [0.15, 0.2) is 42.5 Å². The molecule has 0 heterocycles. The Morgan fingerprint density at radius 3 is 2.38 bits per heavy atom. The van der Waals surface area contributed by atoms with E-state index in [1.807, 2.05) is 0 Å². The molecule has 1 N–H and O–H groups in total. The monoisotopic (exact) mass is 284 g/mol. The first-order chi connectivity index (χ1) is 10.1. The molecule has 0 aliphatic carbocycles. The second-order valence-electron chi connectivity index (χ2n) is 6.19. The summed E-state index contributed by atoms with van der Waals surface area (Å²) in [5.41, 5.74) is 1.34. The molecule has 2 rings (SSSR count). The number of nitrogens with zero attached hydrogens (tertiary/aromatic N) is 1. The van der Waals surface area contributed by atoms with Crippen LogP contribution in [0.1, 0.15) is 27.7 Å². The fourth-order valence-corrected chi connectivity index (χ4v) is 2.87. The van der Waals surface area contributed by atoms with Crippen molar-refractivity contribution in [1.82, 2.24) is 5.32 Å². The summed E-state index contributed by atoms with van der Waals surface area (Å²) in [6, 6.07) is 15.7. The Morgan fingerprint density at radius 1 is 0.952 bits per heavy atom. The first-order valence-corrected chi connectivity index (χ1v) is 8.08. The van der Waals surface area contributed by atoms with Gasteiger partial charge in [0.05, 0.1) is 0 Å². The SMILES string of the molecule is CCN(c1cccc2ccccc12)C(C)CNCC(C)C. The molecule has 0 spiro atoms. The van der Waals surface area contributed by atoms with Crippen LogP contribution in [0, 0.1) is 5.92 Å². The van der Waals surface area contributed by atoms with Crippen LogP contribution < -0.4 is 10.2 Å². The molecular formula is C19H28N2. The molecule has 0 aliphatic rings. The molecule has 114 valence electrons. The molecule has 0 aliphatic heterocycles. The summed E-state index contributed by atoms with van der Waals surface area (Å²) < 4.78 is 0. The molecular weight excluding hydrogens is 256 g/mol. The third kappa shape index (κ3) is 3.98. The third-order valence-corrected chi connectivity index (χ3v) is 3.94. The predicted molar refractivity (Wildman–Crippen MR) is 94.1 cm³/mol. The maximum atomic E-state index is 3.58. The third-order valence-electron chi connectivity index (χ3n) is 3.94. The van der Waals surface area contributed by atoms with Gasteiger partial charge in [-0.3, -0.25) is 0 Å². The molecule has 2 heteroatoms. The van der Waals surface area contributed by atoms with Crippen molar-refractivity contribution in [3.8, 4) is 0 Å². The van der Waals surface area contributed by atoms with Crippen LogP contribution in [-0.2, 0) is 0 Å². The highest BCUT2D eigenvalue weighted by Gasteiger charge is 2.14. The number of likely N-dealkylation sites (N-methyl/N-ethyl adjacent to an activating group) is 1. The Morgan fingerprint density at radius 2 is 1.67 bits per heavy atom. The molecule has 0 amide bonds. The Hall–Kier alpha value is -1.54. The van der Waals surface area contributed by atoms with E-state index in [9.17, 15) is 0 Å². The lowest BCUT2D eigenvalue weighted by atomic mass is 10.1. The van der Waals surface area contributed by atoms with Crippen LogP contribution in [0.5, 0.6) is 0 Å². The summed E-state index contributed by atoms with van der Waals surface area (Å²) in [7, 11) is 0. The van der Waals surface area contributed by atoms with Crippen LogP contribution >= 0.6 is 0 Å². The van der Waals surface area contributed by atoms with E-state index >= 15 is 0 Å². The van der Waals surface area contributed by atoms with E-state index in [2.05, 4.69) is 80.4 Å². The maximum Gasteiger partial charge on any atom is 0.0448 e. The minimum absolute atomic E-state index is 0.486. The molecule has 1 atom stereocenters. The van der Waals surface area contributed by atoms with Crippen LogP contribution in [0.4, 0.5) is 5.69 Å². The first-order valence-electron chi connectivity index (χ1n) is 8.08. The normalized spacial score (nSPS) is 12.8. The topological polar surface area (TPSA) is 15.3 Å². The molecule has 0 saturated heterocycles. The first kappa shape index (κ1) is 15.8. The number of hydrogen-bond acceptors (Lipinski definition) is 2. The van der Waals surface area contributed by atoms with Gasteiger partial charge in [0.2, 0.25) is 0 Å². The quantitative estimate of drug-likeness (QED) is 0.815. The van der Waals surface area contributed by atoms with E-state index in [1.165, 1.54) is 16.5 Å². The van der Waals surface area contributed by atoms with Gasteiger partial charge < -0.3 is 10.2 Å². The van der Waals surface area contributed by atoms with Gasteiger partial charge in [-0.05, 0) is 37.8 Å². The van der Waals surface area contributed by atoms with Crippen LogP contribution in [0.3, 0.4) is 0 Å². The fraction of sp³-hybridized carbons (Fsp3) is 0.474. The zero-order valence-electron chi connectivity index (χ0n) is 13.8. The van der Waals surface area contributed by atoms with Crippen molar-refractivity contribution in [3.63, 3.8) is 0 Å². The number of benzene rings is 2. The summed E-state index contributed by atoms with van der Waals surface area (Å²) >= 11 is 0. The molecule has 0 fully saturated rings. The minimum Gasteiger partial charge on any atom is -0.367 e.